The van der Waals surface area contributed by atoms with E-state index in [0.717, 1.165) is 5.56 Å². The van der Waals surface area contributed by atoms with Crippen LogP contribution in [0.3, 0.4) is 0 Å². The van der Waals surface area contributed by atoms with Crippen LogP contribution in [0.4, 0.5) is 14.6 Å². The molecule has 0 fully saturated rings. The largest absolute Gasteiger partial charge is 0.497 e. The Morgan fingerprint density at radius 2 is 1.70 bits per heavy atom. The molecule has 7 nitrogen and oxygen atoms in total. The maximum absolute atomic E-state index is 14.4. The van der Waals surface area contributed by atoms with Crippen molar-refractivity contribution >= 4 is 15.8 Å². The molecule has 0 saturated carbocycles. The summed E-state index contributed by atoms with van der Waals surface area (Å²) in [6.07, 6.45) is -1.11. The van der Waals surface area contributed by atoms with Crippen molar-refractivity contribution in [2.45, 2.75) is 17.7 Å². The monoisotopic (exact) mass is 435 g/mol. The van der Waals surface area contributed by atoms with Gasteiger partial charge in [0.15, 0.2) is 5.82 Å². The molecule has 0 aliphatic heterocycles. The van der Waals surface area contributed by atoms with Gasteiger partial charge in [0.05, 0.1) is 24.7 Å². The van der Waals surface area contributed by atoms with E-state index in [9.17, 15) is 17.2 Å². The van der Waals surface area contributed by atoms with Crippen LogP contribution in [0.5, 0.6) is 11.5 Å². The standard InChI is InChI=1S/C20H19F2N3O4S/c1-28-14-10-8-13(17(12-14)29-2)9-11-16-18(21)23-20(22)24-19(16)25-30(26,27)15-6-4-3-5-7-15/h3-8,10,12H,9,11H2,1-2H3,(H,23,24,25). The van der Waals surface area contributed by atoms with Gasteiger partial charge >= 0.3 is 6.08 Å². The summed E-state index contributed by atoms with van der Waals surface area (Å²) in [7, 11) is -1.08. The van der Waals surface area contributed by atoms with E-state index in [1.165, 1.54) is 38.5 Å². The first kappa shape index (κ1) is 21.4. The number of rotatable bonds is 8. The van der Waals surface area contributed by atoms with Gasteiger partial charge in [0.1, 0.15) is 11.5 Å². The molecule has 0 radical (unpaired) electrons. The van der Waals surface area contributed by atoms with Gasteiger partial charge in [-0.15, -0.1) is 0 Å². The summed E-state index contributed by atoms with van der Waals surface area (Å²) in [5.74, 6) is -0.482. The normalized spacial score (nSPS) is 11.2. The molecule has 0 amide bonds. The SMILES string of the molecule is COc1ccc(CCc2c(F)nc(F)nc2NS(=O)(=O)c2ccccc2)c(OC)c1. The van der Waals surface area contributed by atoms with Crippen LogP contribution in [-0.4, -0.2) is 32.6 Å². The minimum atomic E-state index is -4.09. The van der Waals surface area contributed by atoms with Crippen molar-refractivity contribution in [2.75, 3.05) is 18.9 Å². The molecule has 3 rings (SSSR count). The number of aryl methyl sites for hydroxylation is 1. The molecule has 1 heterocycles. The van der Waals surface area contributed by atoms with Crippen molar-refractivity contribution in [1.82, 2.24) is 9.97 Å². The molecule has 0 aliphatic carbocycles. The number of methoxy groups -OCH3 is 2. The molecule has 2 aromatic carbocycles. The van der Waals surface area contributed by atoms with Crippen LogP contribution in [0, 0.1) is 12.0 Å². The highest BCUT2D eigenvalue weighted by Crippen LogP contribution is 2.27. The Morgan fingerprint density at radius 3 is 2.37 bits per heavy atom. The van der Waals surface area contributed by atoms with Crippen molar-refractivity contribution in [3.05, 3.63) is 71.7 Å². The lowest BCUT2D eigenvalue weighted by atomic mass is 10.0. The third-order valence-corrected chi connectivity index (χ3v) is 5.71. The van der Waals surface area contributed by atoms with Gasteiger partial charge in [0.25, 0.3) is 10.0 Å². The predicted molar refractivity (Wildman–Crippen MR) is 106 cm³/mol. The summed E-state index contributed by atoms with van der Waals surface area (Å²) in [6, 6.07) is 12.6. The van der Waals surface area contributed by atoms with E-state index in [-0.39, 0.29) is 23.3 Å². The topological polar surface area (TPSA) is 90.4 Å². The van der Waals surface area contributed by atoms with Crippen LogP contribution in [-0.2, 0) is 22.9 Å². The number of nitrogens with one attached hydrogen (secondary N) is 1. The van der Waals surface area contributed by atoms with Gasteiger partial charge in [-0.25, -0.2) is 8.42 Å². The fourth-order valence-corrected chi connectivity index (χ4v) is 3.90. The molecule has 10 heteroatoms. The van der Waals surface area contributed by atoms with E-state index in [4.69, 9.17) is 9.47 Å². The number of hydrogen-bond donors (Lipinski definition) is 1. The fraction of sp³-hybridized carbons (Fsp3) is 0.200. The molecule has 0 unspecified atom stereocenters. The maximum atomic E-state index is 14.4. The van der Waals surface area contributed by atoms with Crippen LogP contribution in [0.15, 0.2) is 53.4 Å². The minimum absolute atomic E-state index is 0.00143. The summed E-state index contributed by atoms with van der Waals surface area (Å²) in [4.78, 5) is 6.49. The predicted octanol–water partition coefficient (Wildman–Crippen LogP) is 3.36. The van der Waals surface area contributed by atoms with Crippen molar-refractivity contribution in [3.63, 3.8) is 0 Å². The average Bonchev–Trinajstić information content (AvgIpc) is 2.73. The summed E-state index contributed by atoms with van der Waals surface area (Å²) >= 11 is 0. The Labute approximate surface area is 172 Å². The molecule has 0 bridgehead atoms. The summed E-state index contributed by atoms with van der Waals surface area (Å²) in [5.41, 5.74) is 0.563. The second kappa shape index (κ2) is 9.04. The van der Waals surface area contributed by atoms with Gasteiger partial charge in [-0.2, -0.15) is 18.7 Å². The van der Waals surface area contributed by atoms with Gasteiger partial charge < -0.3 is 9.47 Å². The van der Waals surface area contributed by atoms with Crippen LogP contribution in [0.2, 0.25) is 0 Å². The number of anilines is 1. The molecule has 158 valence electrons. The molecule has 3 aromatic rings. The van der Waals surface area contributed by atoms with Crippen molar-refractivity contribution in [2.24, 2.45) is 0 Å². The minimum Gasteiger partial charge on any atom is -0.497 e. The second-order valence-corrected chi connectivity index (χ2v) is 7.89. The zero-order chi connectivity index (χ0) is 21.7. The lowest BCUT2D eigenvalue weighted by Gasteiger charge is -2.14. The number of sulfonamides is 1. The van der Waals surface area contributed by atoms with E-state index < -0.39 is 27.9 Å². The number of ether oxygens (including phenoxy) is 2. The maximum Gasteiger partial charge on any atom is 0.313 e. The molecule has 0 spiro atoms. The Morgan fingerprint density at radius 1 is 0.967 bits per heavy atom. The van der Waals surface area contributed by atoms with Crippen molar-refractivity contribution < 1.29 is 26.7 Å². The number of hydrogen-bond acceptors (Lipinski definition) is 6. The first-order valence-electron chi connectivity index (χ1n) is 8.84. The molecule has 1 N–H and O–H groups in total. The Balaban J connectivity index is 1.91. The van der Waals surface area contributed by atoms with E-state index in [0.29, 0.717) is 11.5 Å². The van der Waals surface area contributed by atoms with E-state index in [1.54, 1.807) is 24.3 Å². The van der Waals surface area contributed by atoms with Crippen LogP contribution < -0.4 is 14.2 Å². The van der Waals surface area contributed by atoms with Gasteiger partial charge in [0.2, 0.25) is 5.95 Å². The van der Waals surface area contributed by atoms with Crippen molar-refractivity contribution in [1.29, 1.82) is 0 Å². The summed E-state index contributed by atoms with van der Waals surface area (Å²) < 4.78 is 65.8. The highest BCUT2D eigenvalue weighted by molar-refractivity contribution is 7.92. The highest BCUT2D eigenvalue weighted by atomic mass is 32.2. The van der Waals surface area contributed by atoms with Gasteiger partial charge in [0, 0.05) is 6.07 Å². The Bertz CT molecular complexity index is 1140. The van der Waals surface area contributed by atoms with E-state index in [2.05, 4.69) is 14.7 Å². The van der Waals surface area contributed by atoms with E-state index >= 15 is 0 Å². The van der Waals surface area contributed by atoms with Crippen LogP contribution in [0.25, 0.3) is 0 Å². The first-order valence-corrected chi connectivity index (χ1v) is 10.3. The summed E-state index contributed by atoms with van der Waals surface area (Å²) in [6.45, 7) is 0. The zero-order valence-corrected chi connectivity index (χ0v) is 17.0. The first-order chi connectivity index (χ1) is 14.3. The quantitative estimate of drug-likeness (QED) is 0.431. The average molecular weight is 435 g/mol. The lowest BCUT2D eigenvalue weighted by Crippen LogP contribution is -2.18. The Kier molecular flexibility index (Phi) is 6.46. The molecule has 30 heavy (non-hydrogen) atoms. The number of halogens is 2. The third-order valence-electron chi connectivity index (χ3n) is 4.35. The lowest BCUT2D eigenvalue weighted by molar-refractivity contribution is 0.391. The molecule has 0 atom stereocenters. The second-order valence-electron chi connectivity index (χ2n) is 6.21. The molecular weight excluding hydrogens is 416 g/mol. The van der Waals surface area contributed by atoms with Crippen LogP contribution >= 0.6 is 0 Å². The highest BCUT2D eigenvalue weighted by Gasteiger charge is 2.21. The molecule has 1 aromatic heterocycles. The van der Waals surface area contributed by atoms with Gasteiger partial charge in [-0.05, 0) is 36.6 Å². The Hall–Kier alpha value is -3.27. The number of benzene rings is 2. The fourth-order valence-electron chi connectivity index (χ4n) is 2.84. The van der Waals surface area contributed by atoms with Gasteiger partial charge in [-0.3, -0.25) is 4.72 Å². The number of aromatic nitrogens is 2. The van der Waals surface area contributed by atoms with Gasteiger partial charge in [-0.1, -0.05) is 24.3 Å². The van der Waals surface area contributed by atoms with Crippen molar-refractivity contribution in [3.8, 4) is 11.5 Å². The molecule has 0 saturated heterocycles. The van der Waals surface area contributed by atoms with Crippen LogP contribution in [0.1, 0.15) is 11.1 Å². The zero-order valence-electron chi connectivity index (χ0n) is 16.2. The molecular formula is C20H19F2N3O4S. The summed E-state index contributed by atoms with van der Waals surface area (Å²) in [5, 5.41) is 0. The third kappa shape index (κ3) is 4.82. The molecule has 0 aliphatic rings. The smallest absolute Gasteiger partial charge is 0.313 e. The van der Waals surface area contributed by atoms with E-state index in [1.807, 2.05) is 0 Å². The number of nitrogens with zero attached hydrogens (tertiary/aromatic N) is 2.